The maximum absolute atomic E-state index is 6.25. The van der Waals surface area contributed by atoms with Crippen LogP contribution in [-0.4, -0.2) is 38.0 Å². The molecule has 0 radical (unpaired) electrons. The van der Waals surface area contributed by atoms with E-state index in [2.05, 4.69) is 64.8 Å². The first kappa shape index (κ1) is 20.8. The second-order valence-electron chi connectivity index (χ2n) is 8.11. The second kappa shape index (κ2) is 8.84. The van der Waals surface area contributed by atoms with Gasteiger partial charge in [0.05, 0.1) is 11.3 Å². The van der Waals surface area contributed by atoms with Gasteiger partial charge in [-0.15, -0.1) is 0 Å². The number of benzene rings is 2. The molecule has 6 heteroatoms. The highest BCUT2D eigenvalue weighted by atomic mass is 15.1. The van der Waals surface area contributed by atoms with Crippen LogP contribution < -0.4 is 5.73 Å². The van der Waals surface area contributed by atoms with Crippen molar-refractivity contribution in [2.75, 3.05) is 19.3 Å². The molecule has 0 spiro atoms. The molecule has 0 aliphatic rings. The molecule has 5 rings (SSSR count). The van der Waals surface area contributed by atoms with Gasteiger partial charge in [-0.25, -0.2) is 15.0 Å². The molecule has 6 nitrogen and oxygen atoms in total. The molecular weight excluding hydrogens is 408 g/mol. The van der Waals surface area contributed by atoms with Crippen LogP contribution in [0.5, 0.6) is 0 Å². The van der Waals surface area contributed by atoms with Gasteiger partial charge in [0.15, 0.2) is 11.5 Å². The Morgan fingerprint density at radius 3 is 2.39 bits per heavy atom. The maximum atomic E-state index is 6.25. The van der Waals surface area contributed by atoms with E-state index in [4.69, 9.17) is 15.7 Å². The van der Waals surface area contributed by atoms with E-state index in [1.165, 1.54) is 5.56 Å². The van der Waals surface area contributed by atoms with Gasteiger partial charge in [0.2, 0.25) is 0 Å². The lowest BCUT2D eigenvalue weighted by Gasteiger charge is -2.15. The maximum Gasteiger partial charge on any atom is 0.165 e. The number of aromatic nitrogens is 4. The fourth-order valence-corrected chi connectivity index (χ4v) is 3.93. The summed E-state index contributed by atoms with van der Waals surface area (Å²) < 4.78 is 2.07. The minimum atomic E-state index is 0.443. The number of hydrogen-bond acceptors (Lipinski definition) is 5. The standard InChI is InChI=1S/C27H26N6/c1-3-32(2)18-19-11-13-21(14-12-19)33-26(22-10-7-17-29-25(22)28)31-24-16-15-23(30-27(24)33)20-8-5-4-6-9-20/h4-17H,3,18H2,1-2H3,(H2,28,29). The van der Waals surface area contributed by atoms with E-state index in [9.17, 15) is 0 Å². The Morgan fingerprint density at radius 1 is 0.879 bits per heavy atom. The molecule has 5 aromatic rings. The second-order valence-corrected chi connectivity index (χ2v) is 8.11. The molecule has 0 saturated heterocycles. The Labute approximate surface area is 193 Å². The monoisotopic (exact) mass is 434 g/mol. The van der Waals surface area contributed by atoms with E-state index in [0.717, 1.165) is 52.6 Å². The molecule has 0 amide bonds. The number of pyridine rings is 2. The fraction of sp³-hybridized carbons (Fsp3) is 0.148. The van der Waals surface area contributed by atoms with Crippen LogP contribution in [-0.2, 0) is 6.54 Å². The fourth-order valence-electron chi connectivity index (χ4n) is 3.93. The van der Waals surface area contributed by atoms with Crippen LogP contribution in [0.15, 0.2) is 85.1 Å². The van der Waals surface area contributed by atoms with Gasteiger partial charge in [-0.2, -0.15) is 0 Å². The van der Waals surface area contributed by atoms with Gasteiger partial charge in [0, 0.05) is 24.0 Å². The molecule has 0 unspecified atom stereocenters. The Balaban J connectivity index is 1.70. The lowest BCUT2D eigenvalue weighted by atomic mass is 10.1. The number of nitrogens with two attached hydrogens (primary N) is 1. The molecule has 2 N–H and O–H groups in total. The average Bonchev–Trinajstić information content (AvgIpc) is 3.23. The first-order valence-corrected chi connectivity index (χ1v) is 11.1. The highest BCUT2D eigenvalue weighted by Gasteiger charge is 2.18. The molecule has 0 aliphatic heterocycles. The highest BCUT2D eigenvalue weighted by molar-refractivity contribution is 5.84. The summed E-state index contributed by atoms with van der Waals surface area (Å²) in [5.41, 5.74) is 12.8. The van der Waals surface area contributed by atoms with Crippen molar-refractivity contribution < 1.29 is 0 Å². The third-order valence-electron chi connectivity index (χ3n) is 5.84. The van der Waals surface area contributed by atoms with Crippen LogP contribution in [0.1, 0.15) is 12.5 Å². The lowest BCUT2D eigenvalue weighted by Crippen LogP contribution is -2.16. The van der Waals surface area contributed by atoms with Crippen molar-refractivity contribution in [3.05, 3.63) is 90.6 Å². The summed E-state index contributed by atoms with van der Waals surface area (Å²) in [7, 11) is 2.12. The predicted octanol–water partition coefficient (Wildman–Crippen LogP) is 5.18. The molecule has 3 heterocycles. The number of imidazole rings is 1. The van der Waals surface area contributed by atoms with Gasteiger partial charge in [-0.3, -0.25) is 4.57 Å². The average molecular weight is 435 g/mol. The molecule has 0 bridgehead atoms. The van der Waals surface area contributed by atoms with Gasteiger partial charge in [-0.05, 0) is 55.6 Å². The molecule has 2 aromatic carbocycles. The van der Waals surface area contributed by atoms with Crippen molar-refractivity contribution in [1.82, 2.24) is 24.4 Å². The summed E-state index contributed by atoms with van der Waals surface area (Å²) >= 11 is 0. The first-order chi connectivity index (χ1) is 16.1. The third kappa shape index (κ3) is 4.08. The first-order valence-electron chi connectivity index (χ1n) is 11.1. The summed E-state index contributed by atoms with van der Waals surface area (Å²) in [5.74, 6) is 1.17. The number of rotatable bonds is 6. The Bertz CT molecular complexity index is 1390. The Kier molecular flexibility index (Phi) is 5.59. The third-order valence-corrected chi connectivity index (χ3v) is 5.84. The van der Waals surface area contributed by atoms with Gasteiger partial charge < -0.3 is 10.6 Å². The Morgan fingerprint density at radius 2 is 1.67 bits per heavy atom. The minimum Gasteiger partial charge on any atom is -0.383 e. The van der Waals surface area contributed by atoms with Crippen LogP contribution in [0.25, 0.3) is 39.5 Å². The molecule has 33 heavy (non-hydrogen) atoms. The quantitative estimate of drug-likeness (QED) is 0.398. The number of nitrogens with zero attached hydrogens (tertiary/aromatic N) is 5. The van der Waals surface area contributed by atoms with E-state index < -0.39 is 0 Å². The Hall–Kier alpha value is -4.03. The molecule has 164 valence electrons. The van der Waals surface area contributed by atoms with Crippen LogP contribution in [0.2, 0.25) is 0 Å². The molecule has 3 aromatic heterocycles. The molecule has 0 atom stereocenters. The smallest absolute Gasteiger partial charge is 0.165 e. The number of fused-ring (bicyclic) bond motifs is 1. The van der Waals surface area contributed by atoms with Gasteiger partial charge >= 0.3 is 0 Å². The predicted molar refractivity (Wildman–Crippen MR) is 134 cm³/mol. The lowest BCUT2D eigenvalue weighted by molar-refractivity contribution is 0.346. The normalized spacial score (nSPS) is 11.4. The van der Waals surface area contributed by atoms with Crippen molar-refractivity contribution in [1.29, 1.82) is 0 Å². The van der Waals surface area contributed by atoms with Gasteiger partial charge in [-0.1, -0.05) is 49.4 Å². The van der Waals surface area contributed by atoms with Crippen LogP contribution >= 0.6 is 0 Å². The van der Waals surface area contributed by atoms with E-state index in [0.29, 0.717) is 5.82 Å². The zero-order valence-corrected chi connectivity index (χ0v) is 18.8. The molecular formula is C27H26N6. The van der Waals surface area contributed by atoms with Crippen molar-refractivity contribution >= 4 is 17.0 Å². The van der Waals surface area contributed by atoms with Crippen LogP contribution in [0, 0.1) is 0 Å². The number of nitrogen functional groups attached to an aromatic ring is 1. The zero-order valence-electron chi connectivity index (χ0n) is 18.8. The van der Waals surface area contributed by atoms with Crippen molar-refractivity contribution in [3.8, 4) is 28.3 Å². The molecule has 0 aliphatic carbocycles. The summed E-state index contributed by atoms with van der Waals surface area (Å²) in [5, 5.41) is 0. The van der Waals surface area contributed by atoms with Gasteiger partial charge in [0.25, 0.3) is 0 Å². The highest BCUT2D eigenvalue weighted by Crippen LogP contribution is 2.31. The number of hydrogen-bond donors (Lipinski definition) is 1. The van der Waals surface area contributed by atoms with Crippen molar-refractivity contribution in [2.45, 2.75) is 13.5 Å². The summed E-state index contributed by atoms with van der Waals surface area (Å²) in [6, 6.07) is 26.6. The topological polar surface area (TPSA) is 72.9 Å². The summed E-state index contributed by atoms with van der Waals surface area (Å²) in [6.45, 7) is 4.07. The molecule has 0 saturated carbocycles. The minimum absolute atomic E-state index is 0.443. The van der Waals surface area contributed by atoms with Crippen LogP contribution in [0.3, 0.4) is 0 Å². The van der Waals surface area contributed by atoms with Crippen molar-refractivity contribution in [3.63, 3.8) is 0 Å². The SMILES string of the molecule is CCN(C)Cc1ccc(-n2c(-c3cccnc3N)nc3ccc(-c4ccccc4)nc32)cc1. The van der Waals surface area contributed by atoms with E-state index in [-0.39, 0.29) is 0 Å². The van der Waals surface area contributed by atoms with E-state index in [1.54, 1.807) is 6.20 Å². The molecule has 0 fully saturated rings. The van der Waals surface area contributed by atoms with Crippen LogP contribution in [0.4, 0.5) is 5.82 Å². The zero-order chi connectivity index (χ0) is 22.8. The summed E-state index contributed by atoms with van der Waals surface area (Å²) in [6.07, 6.45) is 1.69. The van der Waals surface area contributed by atoms with Crippen molar-refractivity contribution in [2.24, 2.45) is 0 Å². The largest absolute Gasteiger partial charge is 0.383 e. The van der Waals surface area contributed by atoms with E-state index >= 15 is 0 Å². The van der Waals surface area contributed by atoms with E-state index in [1.807, 2.05) is 42.5 Å². The number of anilines is 1. The summed E-state index contributed by atoms with van der Waals surface area (Å²) in [4.78, 5) is 16.5. The van der Waals surface area contributed by atoms with Gasteiger partial charge in [0.1, 0.15) is 11.3 Å².